The summed E-state index contributed by atoms with van der Waals surface area (Å²) >= 11 is 0. The van der Waals surface area contributed by atoms with Crippen LogP contribution in [0.4, 0.5) is 0 Å². The molecule has 0 bridgehead atoms. The summed E-state index contributed by atoms with van der Waals surface area (Å²) in [6, 6.07) is 9.08. The fourth-order valence-electron chi connectivity index (χ4n) is 2.05. The summed E-state index contributed by atoms with van der Waals surface area (Å²) in [5, 5.41) is 0. The highest BCUT2D eigenvalue weighted by molar-refractivity contribution is 5.23. The maximum Gasteiger partial charge on any atom is 0.0850 e. The Morgan fingerprint density at radius 2 is 1.75 bits per heavy atom. The summed E-state index contributed by atoms with van der Waals surface area (Å²) in [5.74, 6) is 0. The van der Waals surface area contributed by atoms with Gasteiger partial charge < -0.3 is 4.74 Å². The number of benzene rings is 1. The maximum atomic E-state index is 5.23. The zero-order valence-corrected chi connectivity index (χ0v) is 10.2. The summed E-state index contributed by atoms with van der Waals surface area (Å²) in [6.45, 7) is 3.22. The number of hydrogen-bond acceptors (Lipinski definition) is 1. The van der Waals surface area contributed by atoms with E-state index in [0.29, 0.717) is 6.10 Å². The highest BCUT2D eigenvalue weighted by atomic mass is 16.6. The SMILES string of the molecule is CCCCCCc1ccc(CC2CO2)cc1. The average molecular weight is 218 g/mol. The molecule has 1 aromatic rings. The Morgan fingerprint density at radius 3 is 2.38 bits per heavy atom. The Hall–Kier alpha value is -0.820. The van der Waals surface area contributed by atoms with Crippen molar-refractivity contribution >= 4 is 0 Å². The lowest BCUT2D eigenvalue weighted by atomic mass is 10.0. The third-order valence-electron chi connectivity index (χ3n) is 3.21. The molecule has 0 N–H and O–H groups in total. The molecule has 0 radical (unpaired) electrons. The van der Waals surface area contributed by atoms with Crippen molar-refractivity contribution in [1.29, 1.82) is 0 Å². The number of unbranched alkanes of at least 4 members (excludes halogenated alkanes) is 3. The van der Waals surface area contributed by atoms with E-state index in [1.54, 1.807) is 0 Å². The van der Waals surface area contributed by atoms with Gasteiger partial charge in [0.1, 0.15) is 0 Å². The monoisotopic (exact) mass is 218 g/mol. The molecule has 1 unspecified atom stereocenters. The second-order valence-corrected chi connectivity index (χ2v) is 4.79. The molecular formula is C15H22O. The molecule has 1 fully saturated rings. The number of rotatable bonds is 7. The maximum absolute atomic E-state index is 5.23. The summed E-state index contributed by atoms with van der Waals surface area (Å²) in [5.41, 5.74) is 2.90. The minimum atomic E-state index is 0.510. The Bertz CT molecular complexity index is 298. The van der Waals surface area contributed by atoms with E-state index in [4.69, 9.17) is 4.74 Å². The van der Waals surface area contributed by atoms with Crippen LogP contribution < -0.4 is 0 Å². The lowest BCUT2D eigenvalue weighted by Crippen LogP contribution is -1.93. The molecule has 0 amide bonds. The molecule has 2 rings (SSSR count). The van der Waals surface area contributed by atoms with Crippen molar-refractivity contribution in [3.63, 3.8) is 0 Å². The van der Waals surface area contributed by atoms with Gasteiger partial charge in [-0.15, -0.1) is 0 Å². The van der Waals surface area contributed by atoms with Gasteiger partial charge in [-0.05, 0) is 24.0 Å². The molecule has 1 heterocycles. The first-order chi connectivity index (χ1) is 7.88. The van der Waals surface area contributed by atoms with Crippen LogP contribution in [0.15, 0.2) is 24.3 Å². The van der Waals surface area contributed by atoms with Gasteiger partial charge in [0, 0.05) is 6.42 Å². The molecular weight excluding hydrogens is 196 g/mol. The van der Waals surface area contributed by atoms with Crippen LogP contribution in [0.5, 0.6) is 0 Å². The quantitative estimate of drug-likeness (QED) is 0.501. The molecule has 0 saturated carbocycles. The smallest absolute Gasteiger partial charge is 0.0850 e. The lowest BCUT2D eigenvalue weighted by Gasteiger charge is -2.03. The standard InChI is InChI=1S/C15H22O/c1-2-3-4-5-6-13-7-9-14(10-8-13)11-15-12-16-15/h7-10,15H,2-6,11-12H2,1H3. The van der Waals surface area contributed by atoms with Gasteiger partial charge in [-0.1, -0.05) is 50.5 Å². The van der Waals surface area contributed by atoms with E-state index in [-0.39, 0.29) is 0 Å². The van der Waals surface area contributed by atoms with Gasteiger partial charge in [-0.2, -0.15) is 0 Å². The predicted molar refractivity (Wildman–Crippen MR) is 67.7 cm³/mol. The third kappa shape index (κ3) is 3.97. The van der Waals surface area contributed by atoms with Crippen molar-refractivity contribution in [3.8, 4) is 0 Å². The Morgan fingerprint density at radius 1 is 1.06 bits per heavy atom. The van der Waals surface area contributed by atoms with Crippen LogP contribution in [0.25, 0.3) is 0 Å². The van der Waals surface area contributed by atoms with Crippen LogP contribution >= 0.6 is 0 Å². The van der Waals surface area contributed by atoms with E-state index in [2.05, 4.69) is 31.2 Å². The molecule has 1 aliphatic rings. The minimum Gasteiger partial charge on any atom is -0.373 e. The largest absolute Gasteiger partial charge is 0.373 e. The summed E-state index contributed by atoms with van der Waals surface area (Å²) < 4.78 is 5.23. The van der Waals surface area contributed by atoms with Crippen LogP contribution in [-0.2, 0) is 17.6 Å². The molecule has 1 nitrogen and oxygen atoms in total. The fourth-order valence-corrected chi connectivity index (χ4v) is 2.05. The van der Waals surface area contributed by atoms with Gasteiger partial charge >= 0.3 is 0 Å². The highest BCUT2D eigenvalue weighted by Crippen LogP contribution is 2.17. The van der Waals surface area contributed by atoms with E-state index >= 15 is 0 Å². The van der Waals surface area contributed by atoms with Crippen molar-refractivity contribution in [1.82, 2.24) is 0 Å². The fraction of sp³-hybridized carbons (Fsp3) is 0.600. The first-order valence-corrected chi connectivity index (χ1v) is 6.58. The van der Waals surface area contributed by atoms with Crippen molar-refractivity contribution in [2.75, 3.05) is 6.61 Å². The molecule has 0 aromatic heterocycles. The Labute approximate surface area is 98.8 Å². The molecule has 1 atom stereocenters. The summed E-state index contributed by atoms with van der Waals surface area (Å²) in [6.07, 6.45) is 8.23. The highest BCUT2D eigenvalue weighted by Gasteiger charge is 2.22. The normalized spacial score (nSPS) is 18.7. The summed E-state index contributed by atoms with van der Waals surface area (Å²) in [7, 11) is 0. The predicted octanol–water partition coefficient (Wildman–Crippen LogP) is 3.75. The summed E-state index contributed by atoms with van der Waals surface area (Å²) in [4.78, 5) is 0. The second-order valence-electron chi connectivity index (χ2n) is 4.79. The number of epoxide rings is 1. The van der Waals surface area contributed by atoms with Gasteiger partial charge in [0.05, 0.1) is 12.7 Å². The zero-order chi connectivity index (χ0) is 11.2. The lowest BCUT2D eigenvalue weighted by molar-refractivity contribution is 0.407. The molecule has 16 heavy (non-hydrogen) atoms. The molecule has 1 aromatic carbocycles. The van der Waals surface area contributed by atoms with Gasteiger partial charge in [-0.25, -0.2) is 0 Å². The van der Waals surface area contributed by atoms with Gasteiger partial charge in [0.2, 0.25) is 0 Å². The van der Waals surface area contributed by atoms with E-state index < -0.39 is 0 Å². The van der Waals surface area contributed by atoms with Gasteiger partial charge in [0.25, 0.3) is 0 Å². The third-order valence-corrected chi connectivity index (χ3v) is 3.21. The van der Waals surface area contributed by atoms with Crippen molar-refractivity contribution in [3.05, 3.63) is 35.4 Å². The van der Waals surface area contributed by atoms with E-state index in [1.165, 1.54) is 43.2 Å². The van der Waals surface area contributed by atoms with E-state index in [9.17, 15) is 0 Å². The zero-order valence-electron chi connectivity index (χ0n) is 10.2. The minimum absolute atomic E-state index is 0.510. The first kappa shape index (κ1) is 11.7. The van der Waals surface area contributed by atoms with Crippen molar-refractivity contribution in [2.45, 2.75) is 51.6 Å². The van der Waals surface area contributed by atoms with Crippen LogP contribution in [0.3, 0.4) is 0 Å². The van der Waals surface area contributed by atoms with E-state index in [1.807, 2.05) is 0 Å². The molecule has 1 aliphatic heterocycles. The number of aryl methyl sites for hydroxylation is 1. The first-order valence-electron chi connectivity index (χ1n) is 6.58. The number of ether oxygens (including phenoxy) is 1. The Kier molecular flexibility index (Phi) is 4.41. The molecule has 0 aliphatic carbocycles. The average Bonchev–Trinajstić information content (AvgIpc) is 3.11. The van der Waals surface area contributed by atoms with Crippen molar-refractivity contribution in [2.24, 2.45) is 0 Å². The Balaban J connectivity index is 1.72. The number of hydrogen-bond donors (Lipinski definition) is 0. The second kappa shape index (κ2) is 6.05. The molecule has 1 saturated heterocycles. The van der Waals surface area contributed by atoms with Crippen LogP contribution in [0, 0.1) is 0 Å². The molecule has 0 spiro atoms. The molecule has 1 heteroatoms. The van der Waals surface area contributed by atoms with Crippen LogP contribution in [0.1, 0.15) is 43.7 Å². The van der Waals surface area contributed by atoms with E-state index in [0.717, 1.165) is 13.0 Å². The topological polar surface area (TPSA) is 12.5 Å². The van der Waals surface area contributed by atoms with Crippen LogP contribution in [0.2, 0.25) is 0 Å². The van der Waals surface area contributed by atoms with Crippen LogP contribution in [-0.4, -0.2) is 12.7 Å². The van der Waals surface area contributed by atoms with Gasteiger partial charge in [0.15, 0.2) is 0 Å². The van der Waals surface area contributed by atoms with Crippen molar-refractivity contribution < 1.29 is 4.74 Å². The molecule has 88 valence electrons. The van der Waals surface area contributed by atoms with Gasteiger partial charge in [-0.3, -0.25) is 0 Å².